The van der Waals surface area contributed by atoms with E-state index in [0.717, 1.165) is 19.6 Å². The number of hydrogen-bond acceptors (Lipinski definition) is 5. The molecule has 0 unspecified atom stereocenters. The summed E-state index contributed by atoms with van der Waals surface area (Å²) in [4.78, 5) is 14.8. The maximum atomic E-state index is 12.5. The molecule has 24 heavy (non-hydrogen) atoms. The van der Waals surface area contributed by atoms with Gasteiger partial charge in [-0.3, -0.25) is 9.69 Å². The van der Waals surface area contributed by atoms with Gasteiger partial charge in [0.1, 0.15) is 11.3 Å². The third kappa shape index (κ3) is 3.49. The minimum Gasteiger partial charge on any atom is -0.396 e. The molecule has 3 rings (SSSR count). The first-order valence-electron chi connectivity index (χ1n) is 8.19. The van der Waals surface area contributed by atoms with Crippen LogP contribution in [0.3, 0.4) is 0 Å². The molecule has 6 nitrogen and oxygen atoms in total. The molecule has 128 valence electrons. The number of nitrogens with one attached hydrogen (secondary N) is 1. The van der Waals surface area contributed by atoms with Gasteiger partial charge in [-0.2, -0.15) is 0 Å². The van der Waals surface area contributed by atoms with E-state index in [9.17, 15) is 9.90 Å². The lowest BCUT2D eigenvalue weighted by molar-refractivity contribution is 0.0919. The summed E-state index contributed by atoms with van der Waals surface area (Å²) < 4.78 is 5.06. The number of hydrogen-bond donors (Lipinski definition) is 2. The van der Waals surface area contributed by atoms with Crippen molar-refractivity contribution in [3.8, 4) is 0 Å². The van der Waals surface area contributed by atoms with Crippen molar-refractivity contribution >= 4 is 5.91 Å². The summed E-state index contributed by atoms with van der Waals surface area (Å²) in [5.41, 5.74) is 2.31. The van der Waals surface area contributed by atoms with Crippen LogP contribution in [0.4, 0.5) is 0 Å². The number of nitrogens with zero attached hydrogens (tertiary/aromatic N) is 2. The van der Waals surface area contributed by atoms with Crippen molar-refractivity contribution in [1.29, 1.82) is 0 Å². The fraction of sp³-hybridized carbons (Fsp3) is 0.444. The minimum absolute atomic E-state index is 0.0261. The molecule has 1 saturated heterocycles. The molecule has 2 N–H and O–H groups in total. The molecule has 1 aliphatic heterocycles. The molecule has 1 amide bonds. The van der Waals surface area contributed by atoms with Crippen molar-refractivity contribution in [2.24, 2.45) is 5.92 Å². The Morgan fingerprint density at radius 1 is 1.33 bits per heavy atom. The van der Waals surface area contributed by atoms with Crippen molar-refractivity contribution in [1.82, 2.24) is 15.4 Å². The Morgan fingerprint density at radius 3 is 2.71 bits per heavy atom. The average molecular weight is 329 g/mol. The van der Waals surface area contributed by atoms with Gasteiger partial charge >= 0.3 is 0 Å². The molecule has 0 radical (unpaired) electrons. The van der Waals surface area contributed by atoms with Crippen LogP contribution in [0.25, 0.3) is 0 Å². The van der Waals surface area contributed by atoms with Crippen LogP contribution in [-0.4, -0.2) is 46.8 Å². The molecule has 6 heteroatoms. The summed E-state index contributed by atoms with van der Waals surface area (Å²) in [5, 5.41) is 16.5. The SMILES string of the molecule is Cc1noc(C)c1C(=O)N[C@@H]1CN(Cc2ccccc2)C[C@H]1CO. The predicted molar refractivity (Wildman–Crippen MR) is 89.5 cm³/mol. The highest BCUT2D eigenvalue weighted by atomic mass is 16.5. The first-order valence-corrected chi connectivity index (χ1v) is 8.19. The third-order valence-electron chi connectivity index (χ3n) is 4.58. The number of amides is 1. The number of carbonyl (C=O) groups excluding carboxylic acids is 1. The predicted octanol–water partition coefficient (Wildman–Crippen LogP) is 1.51. The minimum atomic E-state index is -0.184. The molecule has 1 aliphatic rings. The number of carbonyl (C=O) groups is 1. The Morgan fingerprint density at radius 2 is 2.08 bits per heavy atom. The largest absolute Gasteiger partial charge is 0.396 e. The molecule has 1 fully saturated rings. The number of aromatic nitrogens is 1. The molecule has 2 atom stereocenters. The summed E-state index contributed by atoms with van der Waals surface area (Å²) in [6.45, 7) is 5.83. The molecule has 0 aliphatic carbocycles. The van der Waals surface area contributed by atoms with E-state index in [2.05, 4.69) is 27.5 Å². The van der Waals surface area contributed by atoms with Gasteiger partial charge in [0.15, 0.2) is 0 Å². The molecule has 2 aromatic rings. The van der Waals surface area contributed by atoms with Crippen molar-refractivity contribution in [3.63, 3.8) is 0 Å². The third-order valence-corrected chi connectivity index (χ3v) is 4.58. The number of aliphatic hydroxyl groups excluding tert-OH is 1. The lowest BCUT2D eigenvalue weighted by atomic mass is 10.0. The molecular formula is C18H23N3O3. The van der Waals surface area contributed by atoms with Gasteiger partial charge < -0.3 is 14.9 Å². The van der Waals surface area contributed by atoms with E-state index in [4.69, 9.17) is 4.52 Å². The maximum Gasteiger partial charge on any atom is 0.257 e. The lowest BCUT2D eigenvalue weighted by Gasteiger charge is -2.18. The zero-order valence-corrected chi connectivity index (χ0v) is 14.0. The summed E-state index contributed by atoms with van der Waals surface area (Å²) in [6.07, 6.45) is 0. The number of likely N-dealkylation sites (tertiary alicyclic amines) is 1. The summed E-state index contributed by atoms with van der Waals surface area (Å²) in [5.74, 6) is 0.360. The van der Waals surface area contributed by atoms with Gasteiger partial charge in [0.25, 0.3) is 5.91 Å². The molecule has 1 aromatic carbocycles. The van der Waals surface area contributed by atoms with E-state index in [1.54, 1.807) is 13.8 Å². The molecule has 1 aromatic heterocycles. The van der Waals surface area contributed by atoms with E-state index in [1.807, 2.05) is 18.2 Å². The topological polar surface area (TPSA) is 78.6 Å². The zero-order chi connectivity index (χ0) is 17.1. The van der Waals surface area contributed by atoms with Gasteiger partial charge in [0, 0.05) is 38.2 Å². The number of rotatable bonds is 5. The van der Waals surface area contributed by atoms with Crippen molar-refractivity contribution in [3.05, 3.63) is 52.9 Å². The lowest BCUT2D eigenvalue weighted by Crippen LogP contribution is -2.41. The highest BCUT2D eigenvalue weighted by molar-refractivity contribution is 5.96. The monoisotopic (exact) mass is 329 g/mol. The Labute approximate surface area is 141 Å². The number of aryl methyl sites for hydroxylation is 2. The average Bonchev–Trinajstić information content (AvgIpc) is 3.11. The van der Waals surface area contributed by atoms with Crippen LogP contribution in [0, 0.1) is 19.8 Å². The van der Waals surface area contributed by atoms with E-state index in [1.165, 1.54) is 5.56 Å². The van der Waals surface area contributed by atoms with E-state index >= 15 is 0 Å². The zero-order valence-electron chi connectivity index (χ0n) is 14.0. The van der Waals surface area contributed by atoms with Gasteiger partial charge in [-0.1, -0.05) is 35.5 Å². The van der Waals surface area contributed by atoms with Crippen LogP contribution < -0.4 is 5.32 Å². The summed E-state index contributed by atoms with van der Waals surface area (Å²) in [6, 6.07) is 10.1. The Balaban J connectivity index is 1.66. The van der Waals surface area contributed by atoms with Gasteiger partial charge in [-0.25, -0.2) is 0 Å². The molecule has 2 heterocycles. The van der Waals surface area contributed by atoms with Crippen LogP contribution in [0.5, 0.6) is 0 Å². The van der Waals surface area contributed by atoms with Crippen LogP contribution in [-0.2, 0) is 6.54 Å². The second kappa shape index (κ2) is 7.15. The highest BCUT2D eigenvalue weighted by Gasteiger charge is 2.34. The Kier molecular flexibility index (Phi) is 4.97. The fourth-order valence-corrected chi connectivity index (χ4v) is 3.33. The smallest absolute Gasteiger partial charge is 0.257 e. The van der Waals surface area contributed by atoms with E-state index in [-0.39, 0.29) is 24.5 Å². The van der Waals surface area contributed by atoms with Gasteiger partial charge in [-0.05, 0) is 19.4 Å². The fourth-order valence-electron chi connectivity index (χ4n) is 3.33. The molecule has 0 bridgehead atoms. The van der Waals surface area contributed by atoms with Crippen molar-refractivity contribution < 1.29 is 14.4 Å². The van der Waals surface area contributed by atoms with Crippen molar-refractivity contribution in [2.75, 3.05) is 19.7 Å². The normalized spacial score (nSPS) is 21.1. The maximum absolute atomic E-state index is 12.5. The van der Waals surface area contributed by atoms with Gasteiger partial charge in [0.2, 0.25) is 0 Å². The highest BCUT2D eigenvalue weighted by Crippen LogP contribution is 2.20. The van der Waals surface area contributed by atoms with Crippen molar-refractivity contribution in [2.45, 2.75) is 26.4 Å². The molecule has 0 saturated carbocycles. The Hall–Kier alpha value is -2.18. The van der Waals surface area contributed by atoms with Crippen LogP contribution in [0.1, 0.15) is 27.4 Å². The number of benzene rings is 1. The second-order valence-corrected chi connectivity index (χ2v) is 6.40. The van der Waals surface area contributed by atoms with E-state index in [0.29, 0.717) is 17.0 Å². The first-order chi connectivity index (χ1) is 11.6. The standard InChI is InChI=1S/C18H23N3O3/c1-12-17(13(2)24-20-12)18(23)19-16-10-21(9-15(16)11-22)8-14-6-4-3-5-7-14/h3-7,15-16,22H,8-11H2,1-2H3,(H,19,23)/t15-,16+/m0/s1. The summed E-state index contributed by atoms with van der Waals surface area (Å²) >= 11 is 0. The quantitative estimate of drug-likeness (QED) is 0.869. The number of aliphatic hydroxyl groups is 1. The van der Waals surface area contributed by atoms with Crippen LogP contribution >= 0.6 is 0 Å². The summed E-state index contributed by atoms with van der Waals surface area (Å²) in [7, 11) is 0. The van der Waals surface area contributed by atoms with Crippen LogP contribution in [0.15, 0.2) is 34.9 Å². The van der Waals surface area contributed by atoms with E-state index < -0.39 is 0 Å². The van der Waals surface area contributed by atoms with Gasteiger partial charge in [-0.15, -0.1) is 0 Å². The van der Waals surface area contributed by atoms with Crippen LogP contribution in [0.2, 0.25) is 0 Å². The molecule has 0 spiro atoms. The first kappa shape index (κ1) is 16.7. The van der Waals surface area contributed by atoms with Gasteiger partial charge in [0.05, 0.1) is 5.69 Å². The second-order valence-electron chi connectivity index (χ2n) is 6.40. The Bertz CT molecular complexity index is 679. The molecular weight excluding hydrogens is 306 g/mol.